The van der Waals surface area contributed by atoms with Crippen molar-refractivity contribution < 1.29 is 9.53 Å². The van der Waals surface area contributed by atoms with Gasteiger partial charge in [-0.25, -0.2) is 4.79 Å². The van der Waals surface area contributed by atoms with E-state index in [1.165, 1.54) is 0 Å². The monoisotopic (exact) mass is 396 g/mol. The normalized spacial score (nSPS) is 11.4. The van der Waals surface area contributed by atoms with Gasteiger partial charge in [0, 0.05) is 17.3 Å². The number of esters is 1. The summed E-state index contributed by atoms with van der Waals surface area (Å²) in [4.78, 5) is 26.6. The van der Waals surface area contributed by atoms with Crippen LogP contribution in [0.2, 0.25) is 0 Å². The van der Waals surface area contributed by atoms with E-state index in [-0.39, 0.29) is 12.2 Å². The van der Waals surface area contributed by atoms with E-state index in [4.69, 9.17) is 4.74 Å². The van der Waals surface area contributed by atoms with Gasteiger partial charge in [-0.2, -0.15) is 0 Å². The first-order chi connectivity index (χ1) is 14.7. The van der Waals surface area contributed by atoms with Crippen LogP contribution in [0.3, 0.4) is 0 Å². The van der Waals surface area contributed by atoms with Crippen LogP contribution >= 0.6 is 0 Å². The highest BCUT2D eigenvalue weighted by Gasteiger charge is 2.24. The van der Waals surface area contributed by atoms with E-state index in [9.17, 15) is 9.59 Å². The van der Waals surface area contributed by atoms with Crippen molar-refractivity contribution in [3.05, 3.63) is 100 Å². The lowest BCUT2D eigenvalue weighted by atomic mass is 10.1. The molecule has 5 rings (SSSR count). The van der Waals surface area contributed by atoms with E-state index in [1.54, 1.807) is 17.4 Å². The summed E-state index contributed by atoms with van der Waals surface area (Å²) in [6.07, 6.45) is 0. The maximum absolute atomic E-state index is 13.5. The molecule has 0 aliphatic heterocycles. The predicted octanol–water partition coefficient (Wildman–Crippen LogP) is 4.63. The van der Waals surface area contributed by atoms with Crippen molar-refractivity contribution in [2.45, 2.75) is 13.5 Å². The van der Waals surface area contributed by atoms with Crippen LogP contribution in [-0.2, 0) is 11.3 Å². The van der Waals surface area contributed by atoms with Gasteiger partial charge in [0.1, 0.15) is 11.2 Å². The van der Waals surface area contributed by atoms with Crippen molar-refractivity contribution in [1.82, 2.24) is 8.97 Å². The molecule has 0 saturated carbocycles. The third-order valence-electron chi connectivity index (χ3n) is 5.40. The number of benzene rings is 3. The molecule has 0 bridgehead atoms. The Morgan fingerprint density at radius 1 is 0.833 bits per heavy atom. The second-order valence-electron chi connectivity index (χ2n) is 7.17. The number of aromatic nitrogens is 2. The number of hydrogen-bond acceptors (Lipinski definition) is 3. The second kappa shape index (κ2) is 7.19. The number of ether oxygens (including phenoxy) is 1. The van der Waals surface area contributed by atoms with Crippen LogP contribution in [0, 0.1) is 0 Å². The van der Waals surface area contributed by atoms with Gasteiger partial charge in [0.25, 0.3) is 5.56 Å². The van der Waals surface area contributed by atoms with E-state index < -0.39 is 5.97 Å². The molecule has 0 spiro atoms. The Balaban J connectivity index is 1.99. The summed E-state index contributed by atoms with van der Waals surface area (Å²) >= 11 is 0. The molecule has 0 atom stereocenters. The number of hydrogen-bond donors (Lipinski definition) is 0. The summed E-state index contributed by atoms with van der Waals surface area (Å²) in [5, 5.41) is 1.11. The summed E-state index contributed by atoms with van der Waals surface area (Å²) in [6.45, 7) is 2.57. The van der Waals surface area contributed by atoms with Gasteiger partial charge in [-0.1, -0.05) is 60.7 Å². The lowest BCUT2D eigenvalue weighted by Crippen LogP contribution is -2.19. The van der Waals surface area contributed by atoms with E-state index in [2.05, 4.69) is 0 Å². The molecule has 148 valence electrons. The zero-order valence-corrected chi connectivity index (χ0v) is 16.5. The molecule has 2 heterocycles. The Labute approximate surface area is 172 Å². The molecular formula is C25H20N2O3. The van der Waals surface area contributed by atoms with Crippen LogP contribution in [0.15, 0.2) is 83.7 Å². The Morgan fingerprint density at radius 2 is 1.47 bits per heavy atom. The molecule has 0 aliphatic rings. The topological polar surface area (TPSA) is 52.7 Å². The first-order valence-electron chi connectivity index (χ1n) is 9.96. The molecular weight excluding hydrogens is 376 g/mol. The molecule has 0 radical (unpaired) electrons. The number of para-hydroxylation sites is 2. The van der Waals surface area contributed by atoms with Crippen LogP contribution in [0.1, 0.15) is 22.8 Å². The average Bonchev–Trinajstić information content (AvgIpc) is 3.09. The van der Waals surface area contributed by atoms with Gasteiger partial charge in [0.05, 0.1) is 17.6 Å². The Hall–Kier alpha value is -3.86. The largest absolute Gasteiger partial charge is 0.462 e. The first-order valence-corrected chi connectivity index (χ1v) is 9.96. The lowest BCUT2D eigenvalue weighted by molar-refractivity contribution is 0.0530. The molecule has 5 aromatic rings. The summed E-state index contributed by atoms with van der Waals surface area (Å²) in [5.74, 6) is -0.427. The molecule has 0 saturated heterocycles. The van der Waals surface area contributed by atoms with Crippen LogP contribution in [0.4, 0.5) is 0 Å². The maximum atomic E-state index is 13.5. The fraction of sp³-hybridized carbons (Fsp3) is 0.120. The van der Waals surface area contributed by atoms with E-state index in [0.717, 1.165) is 16.6 Å². The molecule has 0 N–H and O–H groups in total. The number of carbonyl (C=O) groups excluding carboxylic acids is 1. The predicted molar refractivity (Wildman–Crippen MR) is 118 cm³/mol. The zero-order valence-electron chi connectivity index (χ0n) is 16.5. The lowest BCUT2D eigenvalue weighted by Gasteiger charge is -2.12. The minimum Gasteiger partial charge on any atom is -0.462 e. The second-order valence-corrected chi connectivity index (χ2v) is 7.17. The zero-order chi connectivity index (χ0) is 20.7. The van der Waals surface area contributed by atoms with Crippen molar-refractivity contribution in [2.75, 3.05) is 6.61 Å². The van der Waals surface area contributed by atoms with Gasteiger partial charge in [-0.15, -0.1) is 0 Å². The van der Waals surface area contributed by atoms with Crippen LogP contribution in [0.25, 0.3) is 27.5 Å². The van der Waals surface area contributed by atoms with Gasteiger partial charge in [0.2, 0.25) is 0 Å². The third kappa shape index (κ3) is 2.70. The highest BCUT2D eigenvalue weighted by Crippen LogP contribution is 2.28. The fourth-order valence-electron chi connectivity index (χ4n) is 4.14. The Bertz CT molecular complexity index is 1460. The quantitative estimate of drug-likeness (QED) is 0.416. The molecule has 5 nitrogen and oxygen atoms in total. The molecule has 30 heavy (non-hydrogen) atoms. The average molecular weight is 396 g/mol. The molecule has 5 heteroatoms. The first kappa shape index (κ1) is 18.2. The third-order valence-corrected chi connectivity index (χ3v) is 5.40. The van der Waals surface area contributed by atoms with E-state index in [1.807, 2.05) is 77.4 Å². The van der Waals surface area contributed by atoms with Crippen LogP contribution < -0.4 is 5.56 Å². The highest BCUT2D eigenvalue weighted by atomic mass is 16.5. The van der Waals surface area contributed by atoms with E-state index >= 15 is 0 Å². The van der Waals surface area contributed by atoms with Crippen molar-refractivity contribution in [3.63, 3.8) is 0 Å². The van der Waals surface area contributed by atoms with Gasteiger partial charge >= 0.3 is 5.97 Å². The van der Waals surface area contributed by atoms with Crippen molar-refractivity contribution in [2.24, 2.45) is 0 Å². The van der Waals surface area contributed by atoms with Gasteiger partial charge in [-0.05, 0) is 30.7 Å². The molecule has 2 aromatic heterocycles. The summed E-state index contributed by atoms with van der Waals surface area (Å²) < 4.78 is 9.10. The van der Waals surface area contributed by atoms with Gasteiger partial charge in [0.15, 0.2) is 0 Å². The number of imidazole rings is 1. The summed E-state index contributed by atoms with van der Waals surface area (Å²) in [7, 11) is 0. The van der Waals surface area contributed by atoms with Crippen molar-refractivity contribution in [1.29, 1.82) is 0 Å². The number of rotatable bonds is 4. The highest BCUT2D eigenvalue weighted by molar-refractivity contribution is 6.11. The minimum absolute atomic E-state index is 0.142. The number of pyridine rings is 1. The molecule has 0 fully saturated rings. The van der Waals surface area contributed by atoms with Crippen LogP contribution in [-0.4, -0.2) is 21.5 Å². The fourth-order valence-corrected chi connectivity index (χ4v) is 4.14. The van der Waals surface area contributed by atoms with E-state index in [0.29, 0.717) is 28.5 Å². The Morgan fingerprint density at radius 3 is 2.20 bits per heavy atom. The SMILES string of the molecule is CCOC(=O)c1c2ccccc2c(=O)n2c3ccccc3n(Cc3ccccc3)c12. The molecule has 3 aromatic carbocycles. The molecule has 0 unspecified atom stereocenters. The number of carbonyl (C=O) groups is 1. The van der Waals surface area contributed by atoms with Gasteiger partial charge < -0.3 is 9.30 Å². The molecule has 0 amide bonds. The van der Waals surface area contributed by atoms with Gasteiger partial charge in [-0.3, -0.25) is 9.20 Å². The standard InChI is InChI=1S/C25H20N2O3/c1-2-30-25(29)22-18-12-6-7-13-19(18)24(28)27-21-15-9-8-14-20(21)26(23(22)27)16-17-10-4-3-5-11-17/h3-15H,2,16H2,1H3. The number of nitrogens with zero attached hydrogens (tertiary/aromatic N) is 2. The summed E-state index contributed by atoms with van der Waals surface area (Å²) in [5.41, 5.74) is 3.57. The summed E-state index contributed by atoms with van der Waals surface area (Å²) in [6, 6.07) is 25.0. The van der Waals surface area contributed by atoms with Crippen LogP contribution in [0.5, 0.6) is 0 Å². The van der Waals surface area contributed by atoms with Crippen molar-refractivity contribution >= 4 is 33.4 Å². The molecule has 0 aliphatic carbocycles. The number of fused-ring (bicyclic) bond motifs is 4. The minimum atomic E-state index is -0.427. The maximum Gasteiger partial charge on any atom is 0.342 e. The Kier molecular flexibility index (Phi) is 4.36. The van der Waals surface area contributed by atoms with Crippen molar-refractivity contribution in [3.8, 4) is 0 Å². The smallest absolute Gasteiger partial charge is 0.342 e.